The van der Waals surface area contributed by atoms with Crippen molar-refractivity contribution in [2.24, 2.45) is 11.5 Å². The molecule has 3 aromatic carbocycles. The van der Waals surface area contributed by atoms with Crippen LogP contribution in [0.15, 0.2) is 77.7 Å². The molecule has 0 amide bonds. The van der Waals surface area contributed by atoms with Crippen LogP contribution in [0.5, 0.6) is 0 Å². The number of hydrogen-bond acceptors (Lipinski definition) is 4. The van der Waals surface area contributed by atoms with Crippen molar-refractivity contribution in [1.29, 1.82) is 0 Å². The van der Waals surface area contributed by atoms with Crippen molar-refractivity contribution < 1.29 is 8.42 Å². The number of benzene rings is 3. The average molecular weight is 395 g/mol. The van der Waals surface area contributed by atoms with Gasteiger partial charge in [0.25, 0.3) is 0 Å². The minimum Gasteiger partial charge on any atom is -0.321 e. The summed E-state index contributed by atoms with van der Waals surface area (Å²) in [7, 11) is -4.03. The molecule has 0 aliphatic rings. The van der Waals surface area contributed by atoms with Crippen molar-refractivity contribution in [3.8, 4) is 0 Å². The Kier molecular flexibility index (Phi) is 5.44. The third kappa shape index (κ3) is 3.26. The molecule has 2 unspecified atom stereocenters. The second-order valence-electron chi connectivity index (χ2n) is 7.28. The summed E-state index contributed by atoms with van der Waals surface area (Å²) in [4.78, 5) is -1.57. The summed E-state index contributed by atoms with van der Waals surface area (Å²) >= 11 is 0. The zero-order valence-electron chi connectivity index (χ0n) is 16.4. The van der Waals surface area contributed by atoms with Gasteiger partial charge >= 0.3 is 0 Å². The fourth-order valence-corrected chi connectivity index (χ4v) is 6.09. The van der Waals surface area contributed by atoms with Crippen molar-refractivity contribution >= 4 is 9.84 Å². The maximum absolute atomic E-state index is 14.0. The molecule has 146 valence electrons. The molecule has 5 heteroatoms. The monoisotopic (exact) mass is 394 g/mol. The molecule has 0 saturated heterocycles. The highest BCUT2D eigenvalue weighted by atomic mass is 32.2. The summed E-state index contributed by atoms with van der Waals surface area (Å²) in [6.07, 6.45) is 0. The summed E-state index contributed by atoms with van der Waals surface area (Å²) in [5.74, 6) is 0. The Morgan fingerprint density at radius 1 is 0.821 bits per heavy atom. The van der Waals surface area contributed by atoms with E-state index in [0.717, 1.165) is 5.56 Å². The molecular formula is C23H26N2O2S. The van der Waals surface area contributed by atoms with Crippen LogP contribution in [0.1, 0.15) is 33.9 Å². The van der Waals surface area contributed by atoms with E-state index in [9.17, 15) is 8.42 Å². The maximum atomic E-state index is 14.0. The second-order valence-corrected chi connectivity index (χ2v) is 9.37. The average Bonchev–Trinajstić information content (AvgIpc) is 2.67. The normalized spacial score (nSPS) is 15.0. The van der Waals surface area contributed by atoms with E-state index in [2.05, 4.69) is 0 Å². The van der Waals surface area contributed by atoms with Crippen LogP contribution in [0.3, 0.4) is 0 Å². The molecule has 4 N–H and O–H groups in total. The molecule has 0 saturated carbocycles. The third-order valence-electron chi connectivity index (χ3n) is 5.16. The zero-order valence-corrected chi connectivity index (χ0v) is 17.2. The minimum absolute atomic E-state index is 0.246. The van der Waals surface area contributed by atoms with E-state index < -0.39 is 20.8 Å². The van der Waals surface area contributed by atoms with Gasteiger partial charge in [-0.05, 0) is 43.0 Å². The van der Waals surface area contributed by atoms with Crippen molar-refractivity contribution in [2.45, 2.75) is 36.6 Å². The Balaban J connectivity index is 2.32. The number of hydrogen-bond donors (Lipinski definition) is 2. The first-order valence-corrected chi connectivity index (χ1v) is 10.7. The number of aryl methyl sites for hydroxylation is 3. The molecule has 28 heavy (non-hydrogen) atoms. The highest BCUT2D eigenvalue weighted by molar-refractivity contribution is 7.92. The molecule has 0 aromatic heterocycles. The van der Waals surface area contributed by atoms with Gasteiger partial charge in [-0.2, -0.15) is 0 Å². The lowest BCUT2D eigenvalue weighted by atomic mass is 9.94. The molecule has 0 aliphatic carbocycles. The molecular weight excluding hydrogens is 368 g/mol. The van der Waals surface area contributed by atoms with Gasteiger partial charge < -0.3 is 11.5 Å². The van der Waals surface area contributed by atoms with Crippen LogP contribution < -0.4 is 11.5 Å². The first-order chi connectivity index (χ1) is 13.2. The van der Waals surface area contributed by atoms with E-state index in [1.54, 1.807) is 50.2 Å². The lowest BCUT2D eigenvalue weighted by Crippen LogP contribution is -2.53. The second kappa shape index (κ2) is 7.51. The van der Waals surface area contributed by atoms with Gasteiger partial charge in [-0.3, -0.25) is 0 Å². The maximum Gasteiger partial charge on any atom is 0.203 e. The van der Waals surface area contributed by atoms with Crippen LogP contribution in [0, 0.1) is 20.8 Å². The summed E-state index contributed by atoms with van der Waals surface area (Å²) in [6.45, 7) is 5.54. The Bertz CT molecular complexity index is 1060. The minimum atomic E-state index is -4.03. The third-order valence-corrected chi connectivity index (χ3v) is 7.72. The largest absolute Gasteiger partial charge is 0.321 e. The first kappa shape index (κ1) is 20.3. The van der Waals surface area contributed by atoms with Crippen LogP contribution in [0.2, 0.25) is 0 Å². The molecule has 0 heterocycles. The predicted molar refractivity (Wildman–Crippen MR) is 114 cm³/mol. The van der Waals surface area contributed by atoms with Crippen molar-refractivity contribution in [3.05, 3.63) is 101 Å². The van der Waals surface area contributed by atoms with Gasteiger partial charge in [0.2, 0.25) is 9.84 Å². The van der Waals surface area contributed by atoms with E-state index in [0.29, 0.717) is 22.3 Å². The Hall–Kier alpha value is -2.47. The van der Waals surface area contributed by atoms with Crippen LogP contribution in [-0.4, -0.2) is 8.42 Å². The molecule has 0 aliphatic heterocycles. The molecule has 3 aromatic rings. The SMILES string of the molecule is Cc1cc(C)c(S(=O)(=O)C(N)(c2ccccc2)C(N)c2ccccc2)c(C)c1. The molecule has 0 bridgehead atoms. The fraction of sp³-hybridized carbons (Fsp3) is 0.217. The number of rotatable bonds is 5. The van der Waals surface area contributed by atoms with Crippen molar-refractivity contribution in [2.75, 3.05) is 0 Å². The van der Waals surface area contributed by atoms with E-state index in [4.69, 9.17) is 11.5 Å². The van der Waals surface area contributed by atoms with Crippen LogP contribution in [-0.2, 0) is 14.7 Å². The van der Waals surface area contributed by atoms with Gasteiger partial charge in [0.1, 0.15) is 0 Å². The lowest BCUT2D eigenvalue weighted by molar-refractivity contribution is 0.460. The van der Waals surface area contributed by atoms with E-state index in [1.165, 1.54) is 0 Å². The van der Waals surface area contributed by atoms with Crippen molar-refractivity contribution in [3.63, 3.8) is 0 Å². The molecule has 0 radical (unpaired) electrons. The number of nitrogens with two attached hydrogens (primary N) is 2. The van der Waals surface area contributed by atoms with Gasteiger partial charge in [0.05, 0.1) is 10.9 Å². The zero-order chi connectivity index (χ0) is 20.5. The van der Waals surface area contributed by atoms with Gasteiger partial charge in [0, 0.05) is 0 Å². The van der Waals surface area contributed by atoms with E-state index in [1.807, 2.05) is 43.3 Å². The molecule has 2 atom stereocenters. The van der Waals surface area contributed by atoms with Crippen LogP contribution in [0.4, 0.5) is 0 Å². The highest BCUT2D eigenvalue weighted by Gasteiger charge is 2.49. The smallest absolute Gasteiger partial charge is 0.203 e. The van der Waals surface area contributed by atoms with Crippen molar-refractivity contribution in [1.82, 2.24) is 0 Å². The Labute approximate surface area is 167 Å². The standard InChI is InChI=1S/C23H26N2O2S/c1-16-14-17(2)21(18(3)15-16)28(26,27)23(25,20-12-8-5-9-13-20)22(24)19-10-6-4-7-11-19/h4-15,22H,24-25H2,1-3H3. The highest BCUT2D eigenvalue weighted by Crippen LogP contribution is 2.41. The predicted octanol–water partition coefficient (Wildman–Crippen LogP) is 3.90. The molecule has 0 fully saturated rings. The van der Waals surface area contributed by atoms with Crippen LogP contribution in [0.25, 0.3) is 0 Å². The topological polar surface area (TPSA) is 86.2 Å². The van der Waals surface area contributed by atoms with E-state index in [-0.39, 0.29) is 4.90 Å². The summed E-state index contributed by atoms with van der Waals surface area (Å²) < 4.78 is 28.0. The Morgan fingerprint density at radius 3 is 1.79 bits per heavy atom. The van der Waals surface area contributed by atoms with Gasteiger partial charge in [-0.15, -0.1) is 0 Å². The Morgan fingerprint density at radius 2 is 1.29 bits per heavy atom. The first-order valence-electron chi connectivity index (χ1n) is 9.17. The molecule has 4 nitrogen and oxygen atoms in total. The fourth-order valence-electron chi connectivity index (χ4n) is 3.87. The van der Waals surface area contributed by atoms with Gasteiger partial charge in [0.15, 0.2) is 4.87 Å². The summed E-state index contributed by atoms with van der Waals surface area (Å²) in [6, 6.07) is 20.7. The summed E-state index contributed by atoms with van der Waals surface area (Å²) in [5.41, 5.74) is 16.8. The summed E-state index contributed by atoms with van der Waals surface area (Å²) in [5, 5.41) is 0. The molecule has 3 rings (SSSR count). The van der Waals surface area contributed by atoms with E-state index >= 15 is 0 Å². The quantitative estimate of drug-likeness (QED) is 0.687. The van der Waals surface area contributed by atoms with Gasteiger partial charge in [-0.1, -0.05) is 78.4 Å². The van der Waals surface area contributed by atoms with Gasteiger partial charge in [-0.25, -0.2) is 8.42 Å². The van der Waals surface area contributed by atoms with Crippen LogP contribution >= 0.6 is 0 Å². The molecule has 0 spiro atoms. The number of sulfone groups is 1. The lowest BCUT2D eigenvalue weighted by Gasteiger charge is -2.36.